The molecule has 1 fully saturated rings. The van der Waals surface area contributed by atoms with Crippen molar-refractivity contribution in [3.05, 3.63) is 29.8 Å². The number of thiol groups is 1. The molecule has 2 N–H and O–H groups in total. The van der Waals surface area contributed by atoms with Gasteiger partial charge in [0.05, 0.1) is 18.3 Å². The van der Waals surface area contributed by atoms with E-state index in [0.29, 0.717) is 37.5 Å². The summed E-state index contributed by atoms with van der Waals surface area (Å²) in [5.74, 6) is 1.09. The first-order valence-electron chi connectivity index (χ1n) is 13.6. The number of thioether (sulfide) groups is 2. The van der Waals surface area contributed by atoms with Gasteiger partial charge in [-0.3, -0.25) is 24.5 Å². The molecule has 4 amide bonds. The van der Waals surface area contributed by atoms with E-state index >= 15 is 0 Å². The lowest BCUT2D eigenvalue weighted by molar-refractivity contribution is -0.130. The number of alkyl carbamates (subject to hydrolysis) is 1. The van der Waals surface area contributed by atoms with Crippen LogP contribution in [0.2, 0.25) is 0 Å². The molecular formula is C28H41N3O7S3. The number of imide groups is 1. The minimum Gasteiger partial charge on any atom is -0.492 e. The largest absolute Gasteiger partial charge is 0.492 e. The summed E-state index contributed by atoms with van der Waals surface area (Å²) >= 11 is 6.77. The fourth-order valence-electron chi connectivity index (χ4n) is 3.70. The first-order valence-corrected chi connectivity index (χ1v) is 16.0. The van der Waals surface area contributed by atoms with Crippen molar-refractivity contribution in [2.24, 2.45) is 0 Å². The predicted molar refractivity (Wildman–Crippen MR) is 166 cm³/mol. The minimum absolute atomic E-state index is 0.0557. The Balaban J connectivity index is 1.51. The summed E-state index contributed by atoms with van der Waals surface area (Å²) in [5, 5.41) is 4.05. The highest BCUT2D eigenvalue weighted by molar-refractivity contribution is 8.15. The maximum atomic E-state index is 12.4. The summed E-state index contributed by atoms with van der Waals surface area (Å²) in [6.45, 7) is 6.03. The second-order valence-electron chi connectivity index (χ2n) is 10.7. The van der Waals surface area contributed by atoms with Gasteiger partial charge < -0.3 is 19.7 Å². The molecule has 228 valence electrons. The predicted octanol–water partition coefficient (Wildman–Crippen LogP) is 4.45. The molecule has 1 aromatic rings. The topological polar surface area (TPSA) is 131 Å². The Hall–Kier alpha value is -2.38. The van der Waals surface area contributed by atoms with Crippen molar-refractivity contribution in [3.8, 4) is 5.75 Å². The molecule has 10 nitrogen and oxygen atoms in total. The molecule has 1 heterocycles. The van der Waals surface area contributed by atoms with Crippen molar-refractivity contribution in [2.45, 2.75) is 75.4 Å². The Bertz CT molecular complexity index is 1050. The first kappa shape index (κ1) is 34.8. The number of ether oxygens (including phenoxy) is 2. The average Bonchev–Trinajstić information content (AvgIpc) is 3.21. The van der Waals surface area contributed by atoms with Gasteiger partial charge in [0.25, 0.3) is 5.24 Å². The summed E-state index contributed by atoms with van der Waals surface area (Å²) in [4.78, 5) is 60.6. The Kier molecular flexibility index (Phi) is 14.9. The summed E-state index contributed by atoms with van der Waals surface area (Å²) < 4.78 is 10.9. The standard InChI is InChI=1S/C28H41N3O7S3/c1-28(2,3)38-26(35)29-18-24(33)40-16-13-21(39)7-5-6-8-23(32)31(4)14-15-37-20-11-9-19(10-12-20)17-22-25(34)30-27(36)41-22/h9-12,21-22,39H,5-8,13-18H2,1-4H3,(H,29,35)(H,30,34,36). The van der Waals surface area contributed by atoms with Crippen LogP contribution < -0.4 is 15.4 Å². The van der Waals surface area contributed by atoms with Crippen LogP contribution in [0, 0.1) is 0 Å². The van der Waals surface area contributed by atoms with Crippen LogP contribution >= 0.6 is 36.2 Å². The summed E-state index contributed by atoms with van der Waals surface area (Å²) in [6, 6.07) is 7.38. The van der Waals surface area contributed by atoms with Crippen LogP contribution in [0.1, 0.15) is 58.4 Å². The molecule has 0 radical (unpaired) electrons. The van der Waals surface area contributed by atoms with Crippen LogP contribution in [0.4, 0.5) is 9.59 Å². The first-order chi connectivity index (χ1) is 19.3. The highest BCUT2D eigenvalue weighted by atomic mass is 32.2. The third kappa shape index (κ3) is 14.9. The number of benzene rings is 1. The van der Waals surface area contributed by atoms with Gasteiger partial charge in [-0.1, -0.05) is 42.1 Å². The number of rotatable bonds is 16. The molecule has 1 aliphatic heterocycles. The van der Waals surface area contributed by atoms with Gasteiger partial charge in [0.15, 0.2) is 0 Å². The average molecular weight is 628 g/mol. The molecule has 1 aliphatic rings. The van der Waals surface area contributed by atoms with Crippen molar-refractivity contribution in [3.63, 3.8) is 0 Å². The fraction of sp³-hybridized carbons (Fsp3) is 0.607. The van der Waals surface area contributed by atoms with Crippen molar-refractivity contribution in [2.75, 3.05) is 32.5 Å². The number of likely N-dealkylation sites (N-methyl/N-ethyl adjacent to an activating group) is 1. The quantitative estimate of drug-likeness (QED) is 0.180. The second-order valence-corrected chi connectivity index (χ2v) is 13.7. The number of carbonyl (C=O) groups excluding carboxylic acids is 5. The van der Waals surface area contributed by atoms with E-state index < -0.39 is 16.9 Å². The monoisotopic (exact) mass is 627 g/mol. The molecule has 0 saturated carbocycles. The van der Waals surface area contributed by atoms with E-state index in [1.165, 1.54) is 11.8 Å². The summed E-state index contributed by atoms with van der Waals surface area (Å²) in [5.41, 5.74) is 0.334. The van der Waals surface area contributed by atoms with Crippen LogP contribution in [0.5, 0.6) is 5.75 Å². The Morgan fingerprint density at radius 3 is 2.49 bits per heavy atom. The van der Waals surface area contributed by atoms with E-state index in [1.54, 1.807) is 32.7 Å². The van der Waals surface area contributed by atoms with Crippen molar-refractivity contribution < 1.29 is 33.4 Å². The molecule has 41 heavy (non-hydrogen) atoms. The van der Waals surface area contributed by atoms with Crippen LogP contribution in [0.25, 0.3) is 0 Å². The SMILES string of the molecule is CN(CCOc1ccc(CC2SC(=O)NC2=O)cc1)C(=O)CCCCC(S)CCSC(=O)CNC(=O)OC(C)(C)C. The highest BCUT2D eigenvalue weighted by Crippen LogP contribution is 2.24. The molecule has 1 aromatic carbocycles. The third-order valence-electron chi connectivity index (χ3n) is 5.90. The zero-order valence-electron chi connectivity index (χ0n) is 24.1. The van der Waals surface area contributed by atoms with Gasteiger partial charge in [0.2, 0.25) is 16.9 Å². The molecule has 1 saturated heterocycles. The van der Waals surface area contributed by atoms with Crippen molar-refractivity contribution in [1.82, 2.24) is 15.5 Å². The number of nitrogens with one attached hydrogen (secondary N) is 2. The molecule has 13 heteroatoms. The summed E-state index contributed by atoms with van der Waals surface area (Å²) in [7, 11) is 1.76. The third-order valence-corrected chi connectivity index (χ3v) is 8.30. The normalized spacial score (nSPS) is 15.7. The smallest absolute Gasteiger partial charge is 0.408 e. The lowest BCUT2D eigenvalue weighted by Crippen LogP contribution is -2.34. The molecule has 2 unspecified atom stereocenters. The Morgan fingerprint density at radius 1 is 1.15 bits per heavy atom. The van der Waals surface area contributed by atoms with E-state index in [2.05, 4.69) is 23.3 Å². The van der Waals surface area contributed by atoms with E-state index in [4.69, 9.17) is 9.47 Å². The van der Waals surface area contributed by atoms with E-state index in [-0.39, 0.29) is 34.0 Å². The van der Waals surface area contributed by atoms with Crippen LogP contribution in [0.3, 0.4) is 0 Å². The second kappa shape index (κ2) is 17.5. The van der Waals surface area contributed by atoms with Crippen LogP contribution in [-0.2, 0) is 25.5 Å². The number of hydrogen-bond donors (Lipinski definition) is 3. The minimum atomic E-state index is -0.607. The summed E-state index contributed by atoms with van der Waals surface area (Å²) in [6.07, 6.45) is 3.55. The number of unbranched alkanes of at least 4 members (excludes halogenated alkanes) is 1. The van der Waals surface area contributed by atoms with Crippen molar-refractivity contribution in [1.29, 1.82) is 0 Å². The lowest BCUT2D eigenvalue weighted by atomic mass is 10.1. The maximum Gasteiger partial charge on any atom is 0.408 e. The van der Waals surface area contributed by atoms with Crippen LogP contribution in [0.15, 0.2) is 24.3 Å². The molecule has 2 rings (SSSR count). The zero-order chi connectivity index (χ0) is 30.4. The van der Waals surface area contributed by atoms with Gasteiger partial charge in [-0.05, 0) is 64.2 Å². The Morgan fingerprint density at radius 2 is 1.85 bits per heavy atom. The lowest BCUT2D eigenvalue weighted by Gasteiger charge is -2.19. The van der Waals surface area contributed by atoms with E-state index in [0.717, 1.165) is 43.0 Å². The van der Waals surface area contributed by atoms with Crippen molar-refractivity contribution >= 4 is 64.4 Å². The molecule has 0 aliphatic carbocycles. The fourth-order valence-corrected chi connectivity index (χ4v) is 5.85. The van der Waals surface area contributed by atoms with Crippen LogP contribution in [-0.4, -0.2) is 81.8 Å². The zero-order valence-corrected chi connectivity index (χ0v) is 26.6. The van der Waals surface area contributed by atoms with Gasteiger partial charge in [-0.2, -0.15) is 12.6 Å². The maximum absolute atomic E-state index is 12.4. The molecule has 0 spiro atoms. The number of carbonyl (C=O) groups is 5. The molecule has 0 bridgehead atoms. The van der Waals surface area contributed by atoms with E-state index in [1.807, 2.05) is 24.3 Å². The molecule has 2 atom stereocenters. The van der Waals surface area contributed by atoms with Gasteiger partial charge in [0.1, 0.15) is 18.0 Å². The molecule has 0 aromatic heterocycles. The number of amides is 4. The van der Waals surface area contributed by atoms with Gasteiger partial charge in [-0.25, -0.2) is 4.79 Å². The highest BCUT2D eigenvalue weighted by Gasteiger charge is 2.31. The Labute approximate surface area is 256 Å². The van der Waals surface area contributed by atoms with E-state index in [9.17, 15) is 24.0 Å². The van der Waals surface area contributed by atoms with Gasteiger partial charge >= 0.3 is 6.09 Å². The van der Waals surface area contributed by atoms with Gasteiger partial charge in [0, 0.05) is 24.5 Å². The van der Waals surface area contributed by atoms with Gasteiger partial charge in [-0.15, -0.1) is 0 Å². The number of hydrogen-bond acceptors (Lipinski definition) is 10. The number of nitrogens with zero attached hydrogens (tertiary/aromatic N) is 1. The molecular weight excluding hydrogens is 587 g/mol.